The van der Waals surface area contributed by atoms with Gasteiger partial charge in [0.1, 0.15) is 10.9 Å². The molecule has 0 saturated carbocycles. The molecule has 3 aromatic rings. The summed E-state index contributed by atoms with van der Waals surface area (Å²) in [6.45, 7) is 11.0. The van der Waals surface area contributed by atoms with Gasteiger partial charge in [-0.25, -0.2) is 9.59 Å². The lowest BCUT2D eigenvalue weighted by Crippen LogP contribution is -2.48. The van der Waals surface area contributed by atoms with Crippen LogP contribution in [0.3, 0.4) is 0 Å². The van der Waals surface area contributed by atoms with E-state index in [0.29, 0.717) is 68.4 Å². The molecule has 1 aliphatic rings. The summed E-state index contributed by atoms with van der Waals surface area (Å²) in [6, 6.07) is 8.53. The van der Waals surface area contributed by atoms with Crippen molar-refractivity contribution in [1.82, 2.24) is 9.88 Å². The number of benzene rings is 1. The predicted molar refractivity (Wildman–Crippen MR) is 168 cm³/mol. The van der Waals surface area contributed by atoms with Crippen LogP contribution in [0.5, 0.6) is 11.5 Å². The Bertz CT molecular complexity index is 1390. The number of thiophene rings is 1. The van der Waals surface area contributed by atoms with E-state index in [1.165, 1.54) is 16.2 Å². The van der Waals surface area contributed by atoms with E-state index in [2.05, 4.69) is 4.98 Å². The number of hydrogen-bond acceptors (Lipinski definition) is 9. The normalized spacial score (nSPS) is 14.5. The molecule has 11 heteroatoms. The summed E-state index contributed by atoms with van der Waals surface area (Å²) in [5.41, 5.74) is 0.381. The average molecular weight is 627 g/mol. The van der Waals surface area contributed by atoms with Crippen LogP contribution in [0.25, 0.3) is 10.1 Å². The molecular weight excluding hydrogens is 584 g/mol. The van der Waals surface area contributed by atoms with E-state index in [1.54, 1.807) is 32.3 Å². The number of aromatic carboxylic acids is 1. The van der Waals surface area contributed by atoms with E-state index in [4.69, 9.17) is 19.3 Å². The number of carboxylic acids is 1. The Morgan fingerprint density at radius 3 is 2.39 bits per heavy atom. The smallest absolute Gasteiger partial charge is 0.345 e. The van der Waals surface area contributed by atoms with Gasteiger partial charge in [0.25, 0.3) is 5.91 Å². The van der Waals surface area contributed by atoms with E-state index in [9.17, 15) is 19.2 Å². The van der Waals surface area contributed by atoms with Crippen molar-refractivity contribution in [3.63, 3.8) is 0 Å². The number of Topliss-reactive ketones (excluding diaryl/α,β-unsaturated/α-hetero) is 1. The molecule has 1 unspecified atom stereocenters. The first kappa shape index (κ1) is 34.5. The van der Waals surface area contributed by atoms with Crippen LogP contribution in [-0.2, 0) is 25.5 Å². The maximum Gasteiger partial charge on any atom is 0.345 e. The fourth-order valence-electron chi connectivity index (χ4n) is 4.62. The van der Waals surface area contributed by atoms with E-state index < -0.39 is 35.1 Å². The molecule has 10 nitrogen and oxygen atoms in total. The number of rotatable bonds is 13. The molecule has 0 aliphatic carbocycles. The van der Waals surface area contributed by atoms with Crippen LogP contribution >= 0.6 is 11.3 Å². The lowest BCUT2D eigenvalue weighted by molar-refractivity contribution is -0.157. The summed E-state index contributed by atoms with van der Waals surface area (Å²) in [6.07, 6.45) is 6.82. The van der Waals surface area contributed by atoms with Crippen LogP contribution < -0.4 is 9.47 Å². The summed E-state index contributed by atoms with van der Waals surface area (Å²) < 4.78 is 17.2. The number of carbonyl (C=O) groups excluding carboxylic acids is 3. The van der Waals surface area contributed by atoms with Crippen LogP contribution in [0.1, 0.15) is 75.5 Å². The van der Waals surface area contributed by atoms with Crippen LogP contribution in [0, 0.1) is 5.41 Å². The molecule has 0 radical (unpaired) electrons. The molecule has 3 heterocycles. The van der Waals surface area contributed by atoms with Gasteiger partial charge in [-0.15, -0.1) is 11.3 Å². The van der Waals surface area contributed by atoms with Crippen molar-refractivity contribution in [1.29, 1.82) is 0 Å². The van der Waals surface area contributed by atoms with Gasteiger partial charge < -0.3 is 24.2 Å². The third-order valence-electron chi connectivity index (χ3n) is 7.45. The highest BCUT2D eigenvalue weighted by Crippen LogP contribution is 2.37. The Balaban J connectivity index is 0.000000257. The highest BCUT2D eigenvalue weighted by atomic mass is 32.1. The molecule has 1 atom stereocenters. The van der Waals surface area contributed by atoms with Gasteiger partial charge in [0, 0.05) is 35.1 Å². The van der Waals surface area contributed by atoms with Gasteiger partial charge in [0.05, 0.1) is 19.8 Å². The summed E-state index contributed by atoms with van der Waals surface area (Å²) in [7, 11) is 0. The molecule has 1 aliphatic heterocycles. The number of nitrogens with zero attached hydrogens (tertiary/aromatic N) is 2. The standard InChI is InChI=1S/C20H28N2O4.C13H14O4S/c1-4-20(2,3)17(23)18(24)22-12-6-10-16(22)19(25)26-13-7-9-15-8-5-11-21-14-15;1-3-16-9-5-8-6-12(13(14)15)18-11(8)7-10(9)17-4-2/h5,8,11,14,16H,4,6-7,9-10,12-13H2,1-3H3;5-7H,3-4H2,1-2H3,(H,14,15). The second kappa shape index (κ2) is 16.2. The minimum absolute atomic E-state index is 0.292. The van der Waals surface area contributed by atoms with Crippen molar-refractivity contribution in [2.75, 3.05) is 26.4 Å². The van der Waals surface area contributed by atoms with Gasteiger partial charge in [-0.05, 0) is 75.1 Å². The number of ketones is 1. The number of fused-ring (bicyclic) bond motifs is 1. The summed E-state index contributed by atoms with van der Waals surface area (Å²) >= 11 is 1.24. The number of esters is 1. The van der Waals surface area contributed by atoms with Crippen molar-refractivity contribution < 1.29 is 38.5 Å². The summed E-state index contributed by atoms with van der Waals surface area (Å²) in [5, 5.41) is 9.84. The molecular formula is C33H42N2O8S. The molecule has 238 valence electrons. The van der Waals surface area contributed by atoms with Crippen LogP contribution in [-0.4, -0.2) is 71.0 Å². The molecule has 1 fully saturated rings. The minimum Gasteiger partial charge on any atom is -0.490 e. The molecule has 2 aromatic heterocycles. The Hall–Kier alpha value is -3.99. The first-order valence-electron chi connectivity index (χ1n) is 15.0. The number of ether oxygens (including phenoxy) is 3. The van der Waals surface area contributed by atoms with E-state index in [-0.39, 0.29) is 0 Å². The van der Waals surface area contributed by atoms with Crippen molar-refractivity contribution >= 4 is 45.1 Å². The quantitative estimate of drug-likeness (QED) is 0.139. The maximum absolute atomic E-state index is 12.5. The molecule has 1 aromatic carbocycles. The second-order valence-electron chi connectivity index (χ2n) is 11.0. The number of pyridine rings is 1. The molecule has 1 N–H and O–H groups in total. The zero-order valence-corrected chi connectivity index (χ0v) is 26.9. The van der Waals surface area contributed by atoms with Crippen LogP contribution in [0.15, 0.2) is 42.7 Å². The first-order chi connectivity index (χ1) is 21.0. The highest BCUT2D eigenvalue weighted by molar-refractivity contribution is 7.20. The molecule has 1 amide bonds. The average Bonchev–Trinajstić information content (AvgIpc) is 3.67. The minimum atomic E-state index is -0.910. The molecule has 0 bridgehead atoms. The van der Waals surface area contributed by atoms with Gasteiger partial charge in [-0.1, -0.05) is 26.8 Å². The second-order valence-corrected chi connectivity index (χ2v) is 12.1. The zero-order chi connectivity index (χ0) is 32.3. The third-order valence-corrected chi connectivity index (χ3v) is 8.53. The summed E-state index contributed by atoms with van der Waals surface area (Å²) in [5.74, 6) is -1.01. The maximum atomic E-state index is 12.5. The molecule has 1 saturated heterocycles. The van der Waals surface area contributed by atoms with Gasteiger partial charge in [0.2, 0.25) is 5.78 Å². The lowest BCUT2D eigenvalue weighted by Gasteiger charge is -2.27. The van der Waals surface area contributed by atoms with Gasteiger partial charge in [0.15, 0.2) is 11.5 Å². The topological polar surface area (TPSA) is 132 Å². The van der Waals surface area contributed by atoms with Crippen molar-refractivity contribution in [2.45, 2.75) is 72.8 Å². The largest absolute Gasteiger partial charge is 0.490 e. The van der Waals surface area contributed by atoms with Crippen molar-refractivity contribution in [3.05, 3.63) is 53.2 Å². The fourth-order valence-corrected chi connectivity index (χ4v) is 5.53. The number of carbonyl (C=O) groups is 4. The predicted octanol–water partition coefficient (Wildman–Crippen LogP) is 5.95. The Labute approximate surface area is 262 Å². The van der Waals surface area contributed by atoms with Crippen LogP contribution in [0.2, 0.25) is 0 Å². The number of aromatic nitrogens is 1. The van der Waals surface area contributed by atoms with Crippen molar-refractivity contribution in [2.24, 2.45) is 5.41 Å². The summed E-state index contributed by atoms with van der Waals surface area (Å²) in [4.78, 5) is 54.0. The highest BCUT2D eigenvalue weighted by Gasteiger charge is 2.41. The van der Waals surface area contributed by atoms with Crippen molar-refractivity contribution in [3.8, 4) is 11.5 Å². The third kappa shape index (κ3) is 9.01. The van der Waals surface area contributed by atoms with Gasteiger partial charge >= 0.3 is 11.9 Å². The fraction of sp³-hybridized carbons (Fsp3) is 0.485. The SMILES string of the molecule is CCC(C)(C)C(=O)C(=O)N1CCCC1C(=O)OCCCc1cccnc1.CCOc1cc2cc(C(=O)O)sc2cc1OCC. The first-order valence-corrected chi connectivity index (χ1v) is 15.8. The Kier molecular flexibility index (Phi) is 12.7. The van der Waals surface area contributed by atoms with Gasteiger partial charge in [-0.2, -0.15) is 0 Å². The van der Waals surface area contributed by atoms with E-state index in [1.807, 2.05) is 45.0 Å². The monoisotopic (exact) mass is 626 g/mol. The molecule has 0 spiro atoms. The van der Waals surface area contributed by atoms with E-state index in [0.717, 1.165) is 22.1 Å². The van der Waals surface area contributed by atoms with E-state index >= 15 is 0 Å². The van der Waals surface area contributed by atoms with Crippen LogP contribution in [0.4, 0.5) is 0 Å². The number of hydrogen-bond donors (Lipinski definition) is 1. The van der Waals surface area contributed by atoms with Gasteiger partial charge in [-0.3, -0.25) is 14.6 Å². The number of likely N-dealkylation sites (tertiary alicyclic amines) is 1. The Morgan fingerprint density at radius 1 is 1.07 bits per heavy atom. The molecule has 4 rings (SSSR count). The number of amides is 1. The molecule has 44 heavy (non-hydrogen) atoms. The Morgan fingerprint density at radius 2 is 1.77 bits per heavy atom. The number of carboxylic acid groups (broad SMARTS) is 1. The zero-order valence-electron chi connectivity index (χ0n) is 26.1. The lowest BCUT2D eigenvalue weighted by atomic mass is 9.84. The number of aryl methyl sites for hydroxylation is 1.